The van der Waals surface area contributed by atoms with E-state index >= 15 is 0 Å². The highest BCUT2D eigenvalue weighted by Gasteiger charge is 2.04. The van der Waals surface area contributed by atoms with Crippen LogP contribution in [0, 0.1) is 13.8 Å². The SMILES string of the molecule is CCNC(=NCc1ccc(C)cc1C)NCCS(N)(=O)=O. The summed E-state index contributed by atoms with van der Waals surface area (Å²) < 4.78 is 21.8. The zero-order chi connectivity index (χ0) is 15.9. The minimum atomic E-state index is -3.46. The van der Waals surface area contributed by atoms with Gasteiger partial charge in [-0.15, -0.1) is 0 Å². The molecule has 0 saturated carbocycles. The molecule has 0 fully saturated rings. The van der Waals surface area contributed by atoms with Gasteiger partial charge in [-0.2, -0.15) is 0 Å². The first-order chi connectivity index (χ1) is 9.81. The van der Waals surface area contributed by atoms with Crippen LogP contribution in [-0.4, -0.2) is 33.2 Å². The average Bonchev–Trinajstić information content (AvgIpc) is 2.36. The fraction of sp³-hybridized carbons (Fsp3) is 0.500. The van der Waals surface area contributed by atoms with Crippen LogP contribution in [0.5, 0.6) is 0 Å². The van der Waals surface area contributed by atoms with Crippen molar-refractivity contribution in [2.24, 2.45) is 10.1 Å². The van der Waals surface area contributed by atoms with E-state index in [9.17, 15) is 8.42 Å². The second-order valence-electron chi connectivity index (χ2n) is 4.92. The Labute approximate surface area is 126 Å². The molecule has 0 radical (unpaired) electrons. The van der Waals surface area contributed by atoms with E-state index in [4.69, 9.17) is 5.14 Å². The van der Waals surface area contributed by atoms with Crippen molar-refractivity contribution >= 4 is 16.0 Å². The quantitative estimate of drug-likeness (QED) is 0.531. The summed E-state index contributed by atoms with van der Waals surface area (Å²) in [6.07, 6.45) is 0. The van der Waals surface area contributed by atoms with Crippen LogP contribution in [0.1, 0.15) is 23.6 Å². The molecule has 1 aromatic carbocycles. The summed E-state index contributed by atoms with van der Waals surface area (Å²) in [5.74, 6) is 0.460. The first-order valence-electron chi connectivity index (χ1n) is 6.90. The van der Waals surface area contributed by atoms with Crippen LogP contribution in [0.15, 0.2) is 23.2 Å². The molecule has 21 heavy (non-hydrogen) atoms. The number of rotatable bonds is 6. The second-order valence-corrected chi connectivity index (χ2v) is 6.65. The summed E-state index contributed by atoms with van der Waals surface area (Å²) >= 11 is 0. The first kappa shape index (κ1) is 17.5. The molecule has 7 heteroatoms. The van der Waals surface area contributed by atoms with Crippen LogP contribution in [0.25, 0.3) is 0 Å². The van der Waals surface area contributed by atoms with Crippen molar-refractivity contribution in [3.63, 3.8) is 0 Å². The molecule has 0 amide bonds. The lowest BCUT2D eigenvalue weighted by Gasteiger charge is -2.11. The number of hydrogen-bond acceptors (Lipinski definition) is 3. The smallest absolute Gasteiger partial charge is 0.210 e. The Morgan fingerprint density at radius 2 is 2.00 bits per heavy atom. The lowest BCUT2D eigenvalue weighted by atomic mass is 10.1. The van der Waals surface area contributed by atoms with E-state index in [1.165, 1.54) is 11.1 Å². The van der Waals surface area contributed by atoms with Crippen molar-refractivity contribution < 1.29 is 8.42 Å². The molecule has 0 heterocycles. The van der Waals surface area contributed by atoms with Crippen molar-refractivity contribution in [3.05, 3.63) is 34.9 Å². The molecule has 0 spiro atoms. The highest BCUT2D eigenvalue weighted by atomic mass is 32.2. The summed E-state index contributed by atoms with van der Waals surface area (Å²) in [6, 6.07) is 6.23. The number of primary sulfonamides is 1. The van der Waals surface area contributed by atoms with Crippen LogP contribution in [0.4, 0.5) is 0 Å². The molecule has 0 aromatic heterocycles. The van der Waals surface area contributed by atoms with Crippen molar-refractivity contribution in [2.45, 2.75) is 27.3 Å². The van der Waals surface area contributed by atoms with E-state index in [0.717, 1.165) is 5.56 Å². The normalized spacial score (nSPS) is 12.3. The van der Waals surface area contributed by atoms with E-state index in [1.807, 2.05) is 6.92 Å². The van der Waals surface area contributed by atoms with Crippen molar-refractivity contribution in [1.29, 1.82) is 0 Å². The van der Waals surface area contributed by atoms with Gasteiger partial charge >= 0.3 is 0 Å². The van der Waals surface area contributed by atoms with E-state index in [-0.39, 0.29) is 12.3 Å². The second kappa shape index (κ2) is 7.99. The maximum Gasteiger partial charge on any atom is 0.210 e. The van der Waals surface area contributed by atoms with Crippen LogP contribution in [-0.2, 0) is 16.6 Å². The van der Waals surface area contributed by atoms with Crippen molar-refractivity contribution in [3.8, 4) is 0 Å². The van der Waals surface area contributed by atoms with E-state index in [1.54, 1.807) is 0 Å². The van der Waals surface area contributed by atoms with Gasteiger partial charge in [0.1, 0.15) is 0 Å². The Hall–Kier alpha value is -1.60. The summed E-state index contributed by atoms with van der Waals surface area (Å²) in [7, 11) is -3.46. The number of nitrogens with two attached hydrogens (primary N) is 1. The Morgan fingerprint density at radius 3 is 2.57 bits per heavy atom. The minimum absolute atomic E-state index is 0.124. The van der Waals surface area contributed by atoms with Gasteiger partial charge in [0.2, 0.25) is 10.0 Å². The largest absolute Gasteiger partial charge is 0.357 e. The lowest BCUT2D eigenvalue weighted by Crippen LogP contribution is -2.40. The molecule has 118 valence electrons. The maximum absolute atomic E-state index is 10.9. The third kappa shape index (κ3) is 7.10. The standard InChI is InChI=1S/C14H24N4O2S/c1-4-16-14(17-7-8-21(15,19)20)18-10-13-6-5-11(2)9-12(13)3/h5-6,9H,4,7-8,10H2,1-3H3,(H2,15,19,20)(H2,16,17,18). The van der Waals surface area contributed by atoms with Crippen LogP contribution >= 0.6 is 0 Å². The molecule has 1 rings (SSSR count). The Balaban J connectivity index is 2.66. The predicted molar refractivity (Wildman–Crippen MR) is 86.7 cm³/mol. The Bertz CT molecular complexity index is 597. The van der Waals surface area contributed by atoms with Gasteiger partial charge in [-0.1, -0.05) is 23.8 Å². The van der Waals surface area contributed by atoms with E-state index in [0.29, 0.717) is 19.0 Å². The van der Waals surface area contributed by atoms with Gasteiger partial charge in [-0.05, 0) is 31.9 Å². The Kier molecular flexibility index (Phi) is 6.64. The van der Waals surface area contributed by atoms with Crippen LogP contribution < -0.4 is 15.8 Å². The average molecular weight is 312 g/mol. The number of nitrogens with one attached hydrogen (secondary N) is 2. The topological polar surface area (TPSA) is 96.6 Å². The zero-order valence-electron chi connectivity index (χ0n) is 12.8. The number of sulfonamides is 1. The minimum Gasteiger partial charge on any atom is -0.357 e. The Morgan fingerprint density at radius 1 is 1.29 bits per heavy atom. The van der Waals surface area contributed by atoms with Gasteiger partial charge in [0, 0.05) is 13.1 Å². The molecule has 0 bridgehead atoms. The maximum atomic E-state index is 10.9. The summed E-state index contributed by atoms with van der Waals surface area (Å²) in [5.41, 5.74) is 3.56. The molecule has 1 aromatic rings. The van der Waals surface area contributed by atoms with E-state index in [2.05, 4.69) is 47.7 Å². The van der Waals surface area contributed by atoms with Crippen LogP contribution in [0.3, 0.4) is 0 Å². The third-order valence-electron chi connectivity index (χ3n) is 2.93. The van der Waals surface area contributed by atoms with Gasteiger partial charge in [0.15, 0.2) is 5.96 Å². The van der Waals surface area contributed by atoms with E-state index < -0.39 is 10.0 Å². The predicted octanol–water partition coefficient (Wildman–Crippen LogP) is 0.647. The number of guanidine groups is 1. The summed E-state index contributed by atoms with van der Waals surface area (Å²) in [4.78, 5) is 4.45. The number of nitrogens with zero attached hydrogens (tertiary/aromatic N) is 1. The number of hydrogen-bond donors (Lipinski definition) is 3. The monoisotopic (exact) mass is 312 g/mol. The molecule has 0 atom stereocenters. The van der Waals surface area contributed by atoms with Gasteiger partial charge in [0.05, 0.1) is 12.3 Å². The number of aliphatic imine (C=N–C) groups is 1. The van der Waals surface area contributed by atoms with Gasteiger partial charge < -0.3 is 10.6 Å². The van der Waals surface area contributed by atoms with Gasteiger partial charge in [-0.3, -0.25) is 0 Å². The fourth-order valence-electron chi connectivity index (χ4n) is 1.84. The van der Waals surface area contributed by atoms with Crippen LogP contribution in [0.2, 0.25) is 0 Å². The highest BCUT2D eigenvalue weighted by Crippen LogP contribution is 2.11. The van der Waals surface area contributed by atoms with Gasteiger partial charge in [-0.25, -0.2) is 18.5 Å². The fourth-order valence-corrected chi connectivity index (χ4v) is 2.23. The molecule has 0 aliphatic carbocycles. The van der Waals surface area contributed by atoms with Crippen molar-refractivity contribution in [1.82, 2.24) is 10.6 Å². The molecular weight excluding hydrogens is 288 g/mol. The summed E-state index contributed by atoms with van der Waals surface area (Å²) in [5, 5.41) is 11.0. The third-order valence-corrected chi connectivity index (χ3v) is 3.70. The van der Waals surface area contributed by atoms with Gasteiger partial charge in [0.25, 0.3) is 0 Å². The first-order valence-corrected chi connectivity index (χ1v) is 8.62. The molecule has 0 aliphatic rings. The lowest BCUT2D eigenvalue weighted by molar-refractivity contribution is 0.596. The molecule has 0 aliphatic heterocycles. The molecule has 0 saturated heterocycles. The molecule has 0 unspecified atom stereocenters. The molecule has 6 nitrogen and oxygen atoms in total. The number of benzene rings is 1. The number of aryl methyl sites for hydroxylation is 2. The molecule has 4 N–H and O–H groups in total. The van der Waals surface area contributed by atoms with Crippen molar-refractivity contribution in [2.75, 3.05) is 18.8 Å². The zero-order valence-corrected chi connectivity index (χ0v) is 13.6. The molecular formula is C14H24N4O2S. The summed E-state index contributed by atoms with van der Waals surface area (Å²) in [6.45, 7) is 7.54. The highest BCUT2D eigenvalue weighted by molar-refractivity contribution is 7.89.